The first kappa shape index (κ1) is 22.0. The second-order valence-electron chi connectivity index (χ2n) is 9.30. The summed E-state index contributed by atoms with van der Waals surface area (Å²) in [7, 11) is -2.88. The molecule has 170 valence electrons. The molecule has 3 atom stereocenters. The lowest BCUT2D eigenvalue weighted by Gasteiger charge is -2.48. The third-order valence-corrected chi connectivity index (χ3v) is 9.17. The molecule has 3 heterocycles. The number of nitrogens with zero attached hydrogens (tertiary/aromatic N) is 3. The van der Waals surface area contributed by atoms with Crippen molar-refractivity contribution < 1.29 is 30.4 Å². The molecule has 4 rings (SSSR count). The van der Waals surface area contributed by atoms with Crippen molar-refractivity contribution in [2.45, 2.75) is 63.7 Å². The molecule has 30 heavy (non-hydrogen) atoms. The van der Waals surface area contributed by atoms with Crippen LogP contribution in [-0.4, -0.2) is 60.2 Å². The highest BCUT2D eigenvalue weighted by Crippen LogP contribution is 2.46. The summed E-state index contributed by atoms with van der Waals surface area (Å²) in [5.41, 5.74) is -0.981. The number of aromatic nitrogens is 2. The van der Waals surface area contributed by atoms with E-state index >= 15 is 0 Å². The third-order valence-electron chi connectivity index (χ3n) is 7.06. The number of piperidine rings is 1. The van der Waals surface area contributed by atoms with E-state index in [1.54, 1.807) is 0 Å². The first-order valence-electron chi connectivity index (χ1n) is 10.3. The normalized spacial score (nSPS) is 31.4. The van der Waals surface area contributed by atoms with Crippen molar-refractivity contribution in [2.24, 2.45) is 11.3 Å². The van der Waals surface area contributed by atoms with Gasteiger partial charge in [0.25, 0.3) is 6.43 Å². The zero-order chi connectivity index (χ0) is 21.9. The minimum Gasteiger partial charge on any atom is -0.300 e. The van der Waals surface area contributed by atoms with Gasteiger partial charge in [0.15, 0.2) is 9.84 Å². The highest BCUT2D eigenvalue weighted by Gasteiger charge is 2.50. The van der Waals surface area contributed by atoms with E-state index in [0.29, 0.717) is 11.1 Å². The van der Waals surface area contributed by atoms with Gasteiger partial charge in [-0.1, -0.05) is 6.92 Å². The fraction of sp³-hybridized carbons (Fsp3) is 0.842. The van der Waals surface area contributed by atoms with Gasteiger partial charge in [0.05, 0.1) is 17.2 Å². The molecule has 3 fully saturated rings. The zero-order valence-corrected chi connectivity index (χ0v) is 17.5. The predicted octanol–water partition coefficient (Wildman–Crippen LogP) is 3.56. The molecule has 3 aliphatic rings. The molecule has 0 bridgehead atoms. The van der Waals surface area contributed by atoms with E-state index in [4.69, 9.17) is 0 Å². The largest absolute Gasteiger partial charge is 0.433 e. The van der Waals surface area contributed by atoms with E-state index in [9.17, 15) is 30.4 Å². The molecule has 0 N–H and O–H groups in total. The second kappa shape index (κ2) is 7.43. The fourth-order valence-electron chi connectivity index (χ4n) is 5.58. The van der Waals surface area contributed by atoms with Crippen LogP contribution in [0.1, 0.15) is 49.9 Å². The Bertz CT molecular complexity index is 876. The molecule has 2 aliphatic heterocycles. The Morgan fingerprint density at radius 2 is 1.83 bits per heavy atom. The lowest BCUT2D eigenvalue weighted by molar-refractivity contribution is -0.144. The molecule has 1 aromatic heterocycles. The maximum atomic E-state index is 13.3. The van der Waals surface area contributed by atoms with Crippen molar-refractivity contribution in [3.63, 3.8) is 0 Å². The van der Waals surface area contributed by atoms with Crippen molar-refractivity contribution in [3.8, 4) is 0 Å². The maximum Gasteiger partial charge on any atom is 0.433 e. The minimum atomic E-state index is -4.73. The van der Waals surface area contributed by atoms with E-state index in [1.165, 1.54) is 0 Å². The van der Waals surface area contributed by atoms with Gasteiger partial charge in [0.2, 0.25) is 0 Å². The number of likely N-dealkylation sites (tertiary alicyclic amines) is 1. The average Bonchev–Trinajstić information content (AvgIpc) is 3.16. The van der Waals surface area contributed by atoms with E-state index in [-0.39, 0.29) is 40.5 Å². The van der Waals surface area contributed by atoms with Gasteiger partial charge in [-0.15, -0.1) is 0 Å². The molecular weight excluding hydrogens is 429 g/mol. The van der Waals surface area contributed by atoms with Crippen LogP contribution >= 0.6 is 0 Å². The Hall–Kier alpha value is -1.23. The van der Waals surface area contributed by atoms with E-state index in [1.807, 2.05) is 6.92 Å². The van der Waals surface area contributed by atoms with E-state index in [0.717, 1.165) is 38.4 Å². The first-order chi connectivity index (χ1) is 13.9. The van der Waals surface area contributed by atoms with Gasteiger partial charge in [-0.25, -0.2) is 17.2 Å². The lowest BCUT2D eigenvalue weighted by Crippen LogP contribution is -2.55. The van der Waals surface area contributed by atoms with Crippen LogP contribution in [0.15, 0.2) is 6.07 Å². The summed E-state index contributed by atoms with van der Waals surface area (Å²) in [6.07, 6.45) is -4.56. The van der Waals surface area contributed by atoms with Crippen LogP contribution in [0.2, 0.25) is 0 Å². The minimum absolute atomic E-state index is 0.0887. The average molecular weight is 455 g/mol. The first-order valence-corrected chi connectivity index (χ1v) is 12.1. The van der Waals surface area contributed by atoms with Gasteiger partial charge >= 0.3 is 6.18 Å². The third kappa shape index (κ3) is 4.24. The number of sulfone groups is 1. The van der Waals surface area contributed by atoms with Crippen LogP contribution in [0.3, 0.4) is 0 Å². The Morgan fingerprint density at radius 3 is 2.37 bits per heavy atom. The zero-order valence-electron chi connectivity index (χ0n) is 16.7. The van der Waals surface area contributed by atoms with Gasteiger partial charge < -0.3 is 4.90 Å². The molecule has 0 amide bonds. The predicted molar refractivity (Wildman–Crippen MR) is 100 cm³/mol. The summed E-state index contributed by atoms with van der Waals surface area (Å²) < 4.78 is 88.8. The van der Waals surface area contributed by atoms with Gasteiger partial charge in [-0.05, 0) is 50.8 Å². The van der Waals surface area contributed by atoms with Crippen molar-refractivity contribution in [1.82, 2.24) is 14.7 Å². The molecule has 0 radical (unpaired) electrons. The molecule has 5 nitrogen and oxygen atoms in total. The number of halogens is 5. The Morgan fingerprint density at radius 1 is 1.20 bits per heavy atom. The standard InChI is InChI=1S/C19H26F5N3O2S/c1-12-6-13(26-4-2-18(3-5-26)10-30(28,29)11-18)7-14(12)15-8-16(19(22,23)24)27(25-15)9-17(20)21/h8,12-14,17H,2-7,9-11H2,1H3/t12-,13+,14+/m1/s1. The summed E-state index contributed by atoms with van der Waals surface area (Å²) in [5.74, 6) is 0.402. The van der Waals surface area contributed by atoms with Crippen molar-refractivity contribution >= 4 is 9.84 Å². The van der Waals surface area contributed by atoms with Crippen LogP contribution in [0.4, 0.5) is 22.0 Å². The molecule has 1 spiro atoms. The van der Waals surface area contributed by atoms with Crippen molar-refractivity contribution in [3.05, 3.63) is 17.5 Å². The Balaban J connectivity index is 1.44. The maximum absolute atomic E-state index is 13.3. The highest BCUT2D eigenvalue weighted by molar-refractivity contribution is 7.92. The Labute approximate surface area is 172 Å². The molecule has 2 saturated heterocycles. The van der Waals surface area contributed by atoms with Crippen LogP contribution in [-0.2, 0) is 22.6 Å². The highest BCUT2D eigenvalue weighted by atomic mass is 32.2. The topological polar surface area (TPSA) is 55.2 Å². The molecular formula is C19H26F5N3O2S. The van der Waals surface area contributed by atoms with Crippen molar-refractivity contribution in [1.29, 1.82) is 0 Å². The molecule has 1 aromatic rings. The molecule has 0 unspecified atom stereocenters. The number of rotatable bonds is 4. The molecule has 11 heteroatoms. The van der Waals surface area contributed by atoms with Gasteiger partial charge in [-0.2, -0.15) is 18.3 Å². The fourth-order valence-corrected chi connectivity index (χ4v) is 7.94. The lowest BCUT2D eigenvalue weighted by atomic mass is 9.80. The summed E-state index contributed by atoms with van der Waals surface area (Å²) in [4.78, 5) is 2.31. The van der Waals surface area contributed by atoms with E-state index in [2.05, 4.69) is 10.00 Å². The van der Waals surface area contributed by atoms with Crippen LogP contribution in [0, 0.1) is 11.3 Å². The van der Waals surface area contributed by atoms with E-state index < -0.39 is 34.7 Å². The smallest absolute Gasteiger partial charge is 0.300 e. The number of alkyl halides is 5. The monoisotopic (exact) mass is 455 g/mol. The van der Waals surface area contributed by atoms with Crippen LogP contribution in [0.25, 0.3) is 0 Å². The SMILES string of the molecule is C[C@@H]1C[C@H](N2CCC3(CC2)CS(=O)(=O)C3)C[C@@H]1c1cc(C(F)(F)F)n(CC(F)F)n1. The summed E-state index contributed by atoms with van der Waals surface area (Å²) in [6, 6.07) is 1.12. The summed E-state index contributed by atoms with van der Waals surface area (Å²) >= 11 is 0. The number of hydrogen-bond acceptors (Lipinski definition) is 4. The van der Waals surface area contributed by atoms with Crippen LogP contribution in [0.5, 0.6) is 0 Å². The summed E-state index contributed by atoms with van der Waals surface area (Å²) in [6.45, 7) is 2.46. The van der Waals surface area contributed by atoms with Gasteiger partial charge in [-0.3, -0.25) is 4.68 Å². The Kier molecular flexibility index (Phi) is 5.44. The summed E-state index contributed by atoms with van der Waals surface area (Å²) in [5, 5.41) is 3.92. The molecule has 0 aromatic carbocycles. The van der Waals surface area contributed by atoms with Crippen LogP contribution < -0.4 is 0 Å². The quantitative estimate of drug-likeness (QED) is 0.652. The second-order valence-corrected chi connectivity index (χ2v) is 11.4. The van der Waals surface area contributed by atoms with Gasteiger partial charge in [0.1, 0.15) is 12.2 Å². The van der Waals surface area contributed by atoms with Gasteiger partial charge in [0, 0.05) is 17.4 Å². The number of hydrogen-bond donors (Lipinski definition) is 0. The molecule has 1 aliphatic carbocycles. The van der Waals surface area contributed by atoms with Crippen molar-refractivity contribution in [2.75, 3.05) is 24.6 Å². The molecule has 1 saturated carbocycles.